The Hall–Kier alpha value is -0.890. The van der Waals surface area contributed by atoms with Gasteiger partial charge in [-0.2, -0.15) is 0 Å². The summed E-state index contributed by atoms with van der Waals surface area (Å²) in [5, 5.41) is 0. The Labute approximate surface area is 119 Å². The van der Waals surface area contributed by atoms with E-state index in [9.17, 15) is 17.6 Å². The monoisotopic (exact) mass is 310 g/mol. The first-order valence-corrected chi connectivity index (χ1v) is 8.39. The second-order valence-corrected chi connectivity index (χ2v) is 8.21. The van der Waals surface area contributed by atoms with Crippen molar-refractivity contribution in [1.82, 2.24) is 9.62 Å². The molecular formula is C12H23FN2O4S. The SMILES string of the molecule is CC(C)(C)COC(=O)N1C[C@@H](F)C[C@H]1CNS(C)(=O)=O. The van der Waals surface area contributed by atoms with E-state index in [0.717, 1.165) is 6.26 Å². The number of rotatable bonds is 4. The van der Waals surface area contributed by atoms with Crippen molar-refractivity contribution >= 4 is 16.1 Å². The van der Waals surface area contributed by atoms with Gasteiger partial charge in [0.15, 0.2) is 0 Å². The Bertz CT molecular complexity index is 447. The molecule has 1 aliphatic heterocycles. The summed E-state index contributed by atoms with van der Waals surface area (Å²) in [6.07, 6.45) is -0.603. The lowest BCUT2D eigenvalue weighted by Crippen LogP contribution is -2.43. The Morgan fingerprint density at radius 1 is 1.45 bits per heavy atom. The maximum absolute atomic E-state index is 13.5. The van der Waals surface area contributed by atoms with E-state index in [1.165, 1.54) is 4.90 Å². The summed E-state index contributed by atoms with van der Waals surface area (Å²) in [4.78, 5) is 13.2. The van der Waals surface area contributed by atoms with Crippen LogP contribution in [-0.2, 0) is 14.8 Å². The molecule has 0 radical (unpaired) electrons. The highest BCUT2D eigenvalue weighted by Crippen LogP contribution is 2.22. The second-order valence-electron chi connectivity index (χ2n) is 6.38. The quantitative estimate of drug-likeness (QED) is 0.844. The molecule has 8 heteroatoms. The summed E-state index contributed by atoms with van der Waals surface area (Å²) < 4.78 is 43.0. The molecule has 1 amide bonds. The van der Waals surface area contributed by atoms with Crippen molar-refractivity contribution in [2.75, 3.05) is 26.0 Å². The molecule has 1 aliphatic rings. The van der Waals surface area contributed by atoms with Gasteiger partial charge in [0.1, 0.15) is 6.17 Å². The van der Waals surface area contributed by atoms with Crippen LogP contribution in [0.15, 0.2) is 0 Å². The molecule has 0 spiro atoms. The highest BCUT2D eigenvalue weighted by Gasteiger charge is 2.36. The van der Waals surface area contributed by atoms with Crippen LogP contribution in [0.3, 0.4) is 0 Å². The van der Waals surface area contributed by atoms with Gasteiger partial charge < -0.3 is 9.64 Å². The summed E-state index contributed by atoms with van der Waals surface area (Å²) in [7, 11) is -3.36. The van der Waals surface area contributed by atoms with Gasteiger partial charge in [0, 0.05) is 13.0 Å². The van der Waals surface area contributed by atoms with Gasteiger partial charge in [-0.15, -0.1) is 0 Å². The van der Waals surface area contributed by atoms with Crippen LogP contribution >= 0.6 is 0 Å². The summed E-state index contributed by atoms with van der Waals surface area (Å²) in [6.45, 7) is 5.94. The highest BCUT2D eigenvalue weighted by atomic mass is 32.2. The van der Waals surface area contributed by atoms with Crippen molar-refractivity contribution in [3.05, 3.63) is 0 Å². The van der Waals surface area contributed by atoms with Gasteiger partial charge in [-0.1, -0.05) is 20.8 Å². The molecular weight excluding hydrogens is 287 g/mol. The minimum atomic E-state index is -3.36. The molecule has 0 bridgehead atoms. The van der Waals surface area contributed by atoms with Crippen LogP contribution < -0.4 is 4.72 Å². The second kappa shape index (κ2) is 6.26. The number of nitrogens with zero attached hydrogens (tertiary/aromatic N) is 1. The molecule has 0 aromatic rings. The van der Waals surface area contributed by atoms with E-state index in [1.54, 1.807) is 0 Å². The normalized spacial score (nSPS) is 23.9. The number of carbonyl (C=O) groups is 1. The van der Waals surface area contributed by atoms with Gasteiger partial charge in [0.05, 0.1) is 25.4 Å². The zero-order chi connectivity index (χ0) is 15.6. The third-order valence-corrected chi connectivity index (χ3v) is 3.50. The number of sulfonamides is 1. The van der Waals surface area contributed by atoms with Crippen molar-refractivity contribution < 1.29 is 22.3 Å². The smallest absolute Gasteiger partial charge is 0.410 e. The molecule has 1 heterocycles. The van der Waals surface area contributed by atoms with Gasteiger partial charge in [-0.05, 0) is 5.41 Å². The van der Waals surface area contributed by atoms with Gasteiger partial charge >= 0.3 is 6.09 Å². The topological polar surface area (TPSA) is 75.7 Å². The predicted molar refractivity (Wildman–Crippen MR) is 73.7 cm³/mol. The summed E-state index contributed by atoms with van der Waals surface area (Å²) in [5.41, 5.74) is -0.176. The van der Waals surface area contributed by atoms with Crippen LogP contribution in [-0.4, -0.2) is 57.6 Å². The number of halogens is 1. The van der Waals surface area contributed by atoms with Crippen molar-refractivity contribution in [1.29, 1.82) is 0 Å². The predicted octanol–water partition coefficient (Wildman–Crippen LogP) is 1.13. The van der Waals surface area contributed by atoms with E-state index in [2.05, 4.69) is 4.72 Å². The van der Waals surface area contributed by atoms with Gasteiger partial charge in [-0.25, -0.2) is 22.3 Å². The fourth-order valence-corrected chi connectivity index (χ4v) is 2.38. The lowest BCUT2D eigenvalue weighted by molar-refractivity contribution is 0.0683. The molecule has 0 aliphatic carbocycles. The molecule has 0 aromatic carbocycles. The molecule has 0 unspecified atom stereocenters. The van der Waals surface area contributed by atoms with E-state index in [1.807, 2.05) is 20.8 Å². The number of likely N-dealkylation sites (tertiary alicyclic amines) is 1. The Balaban J connectivity index is 2.59. The fraction of sp³-hybridized carbons (Fsp3) is 0.917. The lowest BCUT2D eigenvalue weighted by Gasteiger charge is -2.26. The maximum Gasteiger partial charge on any atom is 0.410 e. The number of hydrogen-bond donors (Lipinski definition) is 1. The van der Waals surface area contributed by atoms with Crippen molar-refractivity contribution in [2.24, 2.45) is 5.41 Å². The molecule has 118 valence electrons. The summed E-state index contributed by atoms with van der Waals surface area (Å²) in [5.74, 6) is 0. The first-order chi connectivity index (χ1) is 8.98. The lowest BCUT2D eigenvalue weighted by atomic mass is 9.99. The average molecular weight is 310 g/mol. The number of amides is 1. The fourth-order valence-electron chi connectivity index (χ4n) is 1.89. The minimum absolute atomic E-state index is 0.00384. The number of alkyl halides is 1. The van der Waals surface area contributed by atoms with E-state index in [0.29, 0.717) is 0 Å². The number of hydrogen-bond acceptors (Lipinski definition) is 4. The Kier molecular flexibility index (Phi) is 5.37. The van der Waals surface area contributed by atoms with Crippen molar-refractivity contribution in [2.45, 2.75) is 39.4 Å². The first kappa shape index (κ1) is 17.2. The van der Waals surface area contributed by atoms with Crippen LogP contribution in [0.4, 0.5) is 9.18 Å². The van der Waals surface area contributed by atoms with E-state index >= 15 is 0 Å². The molecule has 1 fully saturated rings. The number of carbonyl (C=O) groups excluding carboxylic acids is 1. The van der Waals surface area contributed by atoms with Crippen LogP contribution in [0.25, 0.3) is 0 Å². The van der Waals surface area contributed by atoms with E-state index in [4.69, 9.17) is 4.74 Å². The van der Waals surface area contributed by atoms with Crippen molar-refractivity contribution in [3.63, 3.8) is 0 Å². The third kappa shape index (κ3) is 6.04. The van der Waals surface area contributed by atoms with Crippen LogP contribution in [0.5, 0.6) is 0 Å². The van der Waals surface area contributed by atoms with Crippen LogP contribution in [0.2, 0.25) is 0 Å². The molecule has 1 saturated heterocycles. The van der Waals surface area contributed by atoms with Crippen LogP contribution in [0.1, 0.15) is 27.2 Å². The van der Waals surface area contributed by atoms with Crippen LogP contribution in [0, 0.1) is 5.41 Å². The van der Waals surface area contributed by atoms with Gasteiger partial charge in [0.25, 0.3) is 0 Å². The zero-order valence-corrected chi connectivity index (χ0v) is 13.2. The maximum atomic E-state index is 13.5. The zero-order valence-electron chi connectivity index (χ0n) is 12.3. The summed E-state index contributed by atoms with van der Waals surface area (Å²) >= 11 is 0. The third-order valence-electron chi connectivity index (χ3n) is 2.81. The standard InChI is InChI=1S/C12H23FN2O4S/c1-12(2,3)8-19-11(16)15-7-9(13)5-10(15)6-14-20(4,17)18/h9-10,14H,5-8H2,1-4H3/t9-,10-/m0/s1. The van der Waals surface area contributed by atoms with Gasteiger partial charge in [-0.3, -0.25) is 0 Å². The molecule has 2 atom stereocenters. The molecule has 0 aromatic heterocycles. The molecule has 1 N–H and O–H groups in total. The largest absolute Gasteiger partial charge is 0.449 e. The Morgan fingerprint density at radius 3 is 2.55 bits per heavy atom. The molecule has 1 rings (SSSR count). The van der Waals surface area contributed by atoms with E-state index in [-0.39, 0.29) is 31.5 Å². The van der Waals surface area contributed by atoms with Gasteiger partial charge in [0.2, 0.25) is 10.0 Å². The van der Waals surface area contributed by atoms with E-state index < -0.39 is 28.3 Å². The number of nitrogens with one attached hydrogen (secondary N) is 1. The molecule has 0 saturated carbocycles. The average Bonchev–Trinajstić information content (AvgIpc) is 2.63. The minimum Gasteiger partial charge on any atom is -0.449 e. The number of ether oxygens (including phenoxy) is 1. The highest BCUT2D eigenvalue weighted by molar-refractivity contribution is 7.88. The molecule has 6 nitrogen and oxygen atoms in total. The molecule has 20 heavy (non-hydrogen) atoms. The summed E-state index contributed by atoms with van der Waals surface area (Å²) in [6, 6.07) is -0.507. The first-order valence-electron chi connectivity index (χ1n) is 6.50. The van der Waals surface area contributed by atoms with Crippen molar-refractivity contribution in [3.8, 4) is 0 Å². The Morgan fingerprint density at radius 2 is 2.05 bits per heavy atom.